The van der Waals surface area contributed by atoms with Crippen LogP contribution in [0, 0.1) is 6.92 Å². The van der Waals surface area contributed by atoms with Crippen molar-refractivity contribution in [1.82, 2.24) is 15.2 Å². The quantitative estimate of drug-likeness (QED) is 0.434. The van der Waals surface area contributed by atoms with Gasteiger partial charge in [-0.3, -0.25) is 14.7 Å². The molecule has 2 heterocycles. The number of aryl methyl sites for hydroxylation is 2. The Kier molecular flexibility index (Phi) is 7.47. The number of fused-ring (bicyclic) bond motifs is 2. The fraction of sp³-hybridized carbons (Fsp3) is 0.429. The van der Waals surface area contributed by atoms with E-state index in [1.807, 2.05) is 24.3 Å². The minimum atomic E-state index is -0.0520. The van der Waals surface area contributed by atoms with Gasteiger partial charge in [0.2, 0.25) is 0 Å². The second-order valence-electron chi connectivity index (χ2n) is 9.66. The maximum Gasteiger partial charge on any atom is 0.251 e. The summed E-state index contributed by atoms with van der Waals surface area (Å²) in [5, 5.41) is 5.61. The van der Waals surface area contributed by atoms with Crippen LogP contribution in [0.5, 0.6) is 0 Å². The summed E-state index contributed by atoms with van der Waals surface area (Å²) < 4.78 is 0. The van der Waals surface area contributed by atoms with Crippen LogP contribution in [0.1, 0.15) is 46.4 Å². The molecule has 5 rings (SSSR count). The van der Waals surface area contributed by atoms with Gasteiger partial charge in [-0.1, -0.05) is 35.3 Å². The second-order valence-corrected chi connectivity index (χ2v) is 10.5. The minimum absolute atomic E-state index is 0.0520. The highest BCUT2D eigenvalue weighted by atomic mass is 35.5. The van der Waals surface area contributed by atoms with Gasteiger partial charge in [-0.2, -0.15) is 0 Å². The molecule has 0 radical (unpaired) electrons. The number of aromatic nitrogens is 1. The normalized spacial score (nSPS) is 16.4. The van der Waals surface area contributed by atoms with Gasteiger partial charge in [-0.15, -0.1) is 0 Å². The molecule has 1 aliphatic carbocycles. The summed E-state index contributed by atoms with van der Waals surface area (Å²) in [5.74, 6) is -0.0520. The van der Waals surface area contributed by atoms with Crippen LogP contribution in [0.25, 0.3) is 10.9 Å². The van der Waals surface area contributed by atoms with E-state index in [4.69, 9.17) is 28.2 Å². The standard InChI is InChI=1S/C28H32Cl2N4O/c1-19-7-9-21(29)18-26(19)34-15-13-33(14-16-34)12-4-11-31-28(35)20-8-10-23-25(17-20)32-24-6-3-2-5-22(24)27(23)30/h7-10,17-18H,2-6,11-16H2,1H3,(H,31,35). The summed E-state index contributed by atoms with van der Waals surface area (Å²) in [7, 11) is 0. The molecule has 0 spiro atoms. The molecule has 1 saturated heterocycles. The number of pyridine rings is 1. The number of amides is 1. The first kappa shape index (κ1) is 24.4. The largest absolute Gasteiger partial charge is 0.369 e. The predicted molar refractivity (Wildman–Crippen MR) is 145 cm³/mol. The highest BCUT2D eigenvalue weighted by Gasteiger charge is 2.20. The summed E-state index contributed by atoms with van der Waals surface area (Å²) in [6.07, 6.45) is 5.20. The van der Waals surface area contributed by atoms with E-state index >= 15 is 0 Å². The third kappa shape index (κ3) is 5.42. The number of rotatable bonds is 6. The van der Waals surface area contributed by atoms with Gasteiger partial charge in [-0.05, 0) is 81.0 Å². The van der Waals surface area contributed by atoms with E-state index in [2.05, 4.69) is 34.2 Å². The highest BCUT2D eigenvalue weighted by molar-refractivity contribution is 6.36. The van der Waals surface area contributed by atoms with Crippen LogP contribution in [0.15, 0.2) is 36.4 Å². The van der Waals surface area contributed by atoms with Crippen molar-refractivity contribution in [3.63, 3.8) is 0 Å². The van der Waals surface area contributed by atoms with E-state index in [9.17, 15) is 4.79 Å². The molecule has 2 aromatic carbocycles. The first-order valence-electron chi connectivity index (χ1n) is 12.6. The minimum Gasteiger partial charge on any atom is -0.369 e. The lowest BCUT2D eigenvalue weighted by Gasteiger charge is -2.37. The Morgan fingerprint density at radius 2 is 1.83 bits per heavy atom. The number of nitrogens with one attached hydrogen (secondary N) is 1. The zero-order chi connectivity index (χ0) is 24.4. The van der Waals surface area contributed by atoms with Crippen molar-refractivity contribution in [2.75, 3.05) is 44.2 Å². The van der Waals surface area contributed by atoms with Crippen LogP contribution in [0.3, 0.4) is 0 Å². The summed E-state index contributed by atoms with van der Waals surface area (Å²) in [4.78, 5) is 22.5. The summed E-state index contributed by atoms with van der Waals surface area (Å²) >= 11 is 12.9. The number of carbonyl (C=O) groups is 1. The summed E-state index contributed by atoms with van der Waals surface area (Å²) in [6.45, 7) is 7.78. The SMILES string of the molecule is Cc1ccc(Cl)cc1N1CCN(CCCNC(=O)c2ccc3c(Cl)c4c(nc3c2)CCCC4)CC1. The zero-order valence-electron chi connectivity index (χ0n) is 20.2. The Morgan fingerprint density at radius 1 is 1.03 bits per heavy atom. The zero-order valence-corrected chi connectivity index (χ0v) is 21.8. The molecule has 1 amide bonds. The highest BCUT2D eigenvalue weighted by Crippen LogP contribution is 2.33. The average molecular weight is 511 g/mol. The molecule has 3 aromatic rings. The van der Waals surface area contributed by atoms with Crippen molar-refractivity contribution in [3.8, 4) is 0 Å². The molecule has 0 saturated carbocycles. The number of anilines is 1. The van der Waals surface area contributed by atoms with Crippen molar-refractivity contribution in [1.29, 1.82) is 0 Å². The Bertz CT molecular complexity index is 1240. The number of carbonyl (C=O) groups excluding carboxylic acids is 1. The van der Waals surface area contributed by atoms with Gasteiger partial charge in [-0.25, -0.2) is 0 Å². The van der Waals surface area contributed by atoms with Gasteiger partial charge >= 0.3 is 0 Å². The molecule has 0 atom stereocenters. The molecule has 1 N–H and O–H groups in total. The predicted octanol–water partition coefficient (Wildman–Crippen LogP) is 5.67. The third-order valence-corrected chi connectivity index (χ3v) is 7.94. The van der Waals surface area contributed by atoms with E-state index in [-0.39, 0.29) is 5.91 Å². The third-order valence-electron chi connectivity index (χ3n) is 7.28. The molecule has 0 bridgehead atoms. The van der Waals surface area contributed by atoms with Crippen LogP contribution in [0.2, 0.25) is 10.0 Å². The molecular formula is C28H32Cl2N4O. The smallest absolute Gasteiger partial charge is 0.251 e. The van der Waals surface area contributed by atoms with Crippen molar-refractivity contribution in [2.45, 2.75) is 39.0 Å². The molecule has 2 aliphatic rings. The van der Waals surface area contributed by atoms with E-state index in [0.717, 1.165) is 91.5 Å². The number of piperazine rings is 1. The van der Waals surface area contributed by atoms with Gasteiger partial charge in [0.25, 0.3) is 5.91 Å². The fourth-order valence-corrected chi connectivity index (χ4v) is 5.78. The maximum absolute atomic E-state index is 12.8. The molecule has 35 heavy (non-hydrogen) atoms. The maximum atomic E-state index is 12.8. The van der Waals surface area contributed by atoms with Crippen LogP contribution in [-0.4, -0.2) is 55.1 Å². The molecule has 1 aliphatic heterocycles. The lowest BCUT2D eigenvalue weighted by molar-refractivity contribution is 0.0951. The van der Waals surface area contributed by atoms with Crippen molar-refractivity contribution >= 4 is 45.7 Å². The lowest BCUT2D eigenvalue weighted by atomic mass is 9.94. The molecule has 184 valence electrons. The molecule has 0 unspecified atom stereocenters. The fourth-order valence-electron chi connectivity index (χ4n) is 5.25. The molecule has 1 fully saturated rings. The Morgan fingerprint density at radius 3 is 2.66 bits per heavy atom. The van der Waals surface area contributed by atoms with Crippen LogP contribution < -0.4 is 10.2 Å². The number of halogens is 2. The Hall–Kier alpha value is -2.34. The van der Waals surface area contributed by atoms with E-state index in [0.29, 0.717) is 12.1 Å². The van der Waals surface area contributed by atoms with Crippen LogP contribution in [0.4, 0.5) is 5.69 Å². The first-order valence-corrected chi connectivity index (χ1v) is 13.4. The van der Waals surface area contributed by atoms with Gasteiger partial charge in [0.05, 0.1) is 10.5 Å². The number of benzene rings is 2. The number of hydrogen-bond acceptors (Lipinski definition) is 4. The summed E-state index contributed by atoms with van der Waals surface area (Å²) in [5.41, 5.74) is 6.23. The van der Waals surface area contributed by atoms with Crippen molar-refractivity contribution < 1.29 is 4.79 Å². The monoisotopic (exact) mass is 510 g/mol. The topological polar surface area (TPSA) is 48.5 Å². The first-order chi connectivity index (χ1) is 17.0. The molecule has 7 heteroatoms. The van der Waals surface area contributed by atoms with E-state index in [1.165, 1.54) is 16.8 Å². The van der Waals surface area contributed by atoms with Crippen LogP contribution >= 0.6 is 23.2 Å². The molecule has 1 aromatic heterocycles. The molecular weight excluding hydrogens is 479 g/mol. The Balaban J connectivity index is 1.11. The van der Waals surface area contributed by atoms with Gasteiger partial charge < -0.3 is 10.2 Å². The van der Waals surface area contributed by atoms with Gasteiger partial charge in [0.1, 0.15) is 0 Å². The number of nitrogens with zero attached hydrogens (tertiary/aromatic N) is 3. The average Bonchev–Trinajstić information content (AvgIpc) is 2.88. The van der Waals surface area contributed by atoms with Crippen LogP contribution in [-0.2, 0) is 12.8 Å². The number of hydrogen-bond donors (Lipinski definition) is 1. The van der Waals surface area contributed by atoms with Gasteiger partial charge in [0.15, 0.2) is 0 Å². The van der Waals surface area contributed by atoms with E-state index < -0.39 is 0 Å². The van der Waals surface area contributed by atoms with Gasteiger partial charge in [0, 0.05) is 60.1 Å². The van der Waals surface area contributed by atoms with Crippen molar-refractivity contribution in [2.24, 2.45) is 0 Å². The summed E-state index contributed by atoms with van der Waals surface area (Å²) in [6, 6.07) is 11.8. The Labute approximate surface area is 217 Å². The van der Waals surface area contributed by atoms with E-state index in [1.54, 1.807) is 0 Å². The second kappa shape index (κ2) is 10.7. The van der Waals surface area contributed by atoms with Crippen molar-refractivity contribution in [3.05, 3.63) is 68.8 Å². The lowest BCUT2D eigenvalue weighted by Crippen LogP contribution is -2.47. The molecule has 5 nitrogen and oxygen atoms in total.